The van der Waals surface area contributed by atoms with Gasteiger partial charge in [-0.15, -0.1) is 12.4 Å². The molecule has 0 fully saturated rings. The molecule has 0 radical (unpaired) electrons. The molecule has 0 aliphatic rings. The highest BCUT2D eigenvalue weighted by Crippen LogP contribution is 2.26. The summed E-state index contributed by atoms with van der Waals surface area (Å²) in [5.41, 5.74) is 8.98. The van der Waals surface area contributed by atoms with Crippen molar-refractivity contribution in [1.82, 2.24) is 0 Å². The lowest BCUT2D eigenvalue weighted by atomic mass is 9.98. The van der Waals surface area contributed by atoms with Crippen molar-refractivity contribution in [3.63, 3.8) is 0 Å². The quantitative estimate of drug-likeness (QED) is 0.879. The van der Waals surface area contributed by atoms with E-state index in [0.29, 0.717) is 12.3 Å². The summed E-state index contributed by atoms with van der Waals surface area (Å²) in [5.74, 6) is 0.292. The van der Waals surface area contributed by atoms with Crippen LogP contribution in [-0.2, 0) is 6.42 Å². The van der Waals surface area contributed by atoms with Crippen molar-refractivity contribution in [3.05, 3.63) is 54.1 Å². The zero-order chi connectivity index (χ0) is 11.4. The molecule has 0 bridgehead atoms. The summed E-state index contributed by atoms with van der Waals surface area (Å²) in [6, 6.07) is 15.4. The van der Waals surface area contributed by atoms with Crippen molar-refractivity contribution in [2.45, 2.75) is 6.42 Å². The van der Waals surface area contributed by atoms with Gasteiger partial charge in [-0.2, -0.15) is 0 Å². The second-order valence-electron chi connectivity index (χ2n) is 3.75. The van der Waals surface area contributed by atoms with Gasteiger partial charge >= 0.3 is 0 Å². The minimum absolute atomic E-state index is 0. The second kappa shape index (κ2) is 6.28. The molecule has 3 heteroatoms. The van der Waals surface area contributed by atoms with Crippen molar-refractivity contribution < 1.29 is 5.11 Å². The van der Waals surface area contributed by atoms with Crippen LogP contribution in [0.15, 0.2) is 48.5 Å². The van der Waals surface area contributed by atoms with Crippen LogP contribution in [0.5, 0.6) is 5.75 Å². The molecule has 0 aliphatic heterocycles. The minimum Gasteiger partial charge on any atom is -0.508 e. The molecule has 0 saturated carbocycles. The molecule has 2 nitrogen and oxygen atoms in total. The largest absolute Gasteiger partial charge is 0.508 e. The van der Waals surface area contributed by atoms with Gasteiger partial charge in [-0.3, -0.25) is 0 Å². The normalized spacial score (nSPS) is 9.71. The number of benzene rings is 2. The van der Waals surface area contributed by atoms with Crippen LogP contribution in [0.4, 0.5) is 0 Å². The number of hydrogen-bond acceptors (Lipinski definition) is 2. The lowest BCUT2D eigenvalue weighted by Gasteiger charge is -2.08. The Labute approximate surface area is 108 Å². The number of aromatic hydroxyl groups is 1. The summed E-state index contributed by atoms with van der Waals surface area (Å²) in [7, 11) is 0. The van der Waals surface area contributed by atoms with E-state index in [1.165, 1.54) is 5.56 Å². The lowest BCUT2D eigenvalue weighted by Crippen LogP contribution is -2.03. The van der Waals surface area contributed by atoms with Crippen LogP contribution in [0.25, 0.3) is 11.1 Å². The summed E-state index contributed by atoms with van der Waals surface area (Å²) >= 11 is 0. The maximum absolute atomic E-state index is 9.47. The van der Waals surface area contributed by atoms with E-state index >= 15 is 0 Å². The number of phenolic OH excluding ortho intramolecular Hbond substituents is 1. The maximum atomic E-state index is 9.47. The van der Waals surface area contributed by atoms with Crippen molar-refractivity contribution >= 4 is 12.4 Å². The van der Waals surface area contributed by atoms with Crippen LogP contribution in [0.1, 0.15) is 5.56 Å². The van der Waals surface area contributed by atoms with Gasteiger partial charge in [0.25, 0.3) is 0 Å². The van der Waals surface area contributed by atoms with E-state index < -0.39 is 0 Å². The fourth-order valence-corrected chi connectivity index (χ4v) is 1.85. The number of halogens is 1. The third-order valence-electron chi connectivity index (χ3n) is 2.59. The van der Waals surface area contributed by atoms with Crippen molar-refractivity contribution in [2.24, 2.45) is 5.73 Å². The van der Waals surface area contributed by atoms with E-state index in [0.717, 1.165) is 17.5 Å². The van der Waals surface area contributed by atoms with Crippen molar-refractivity contribution in [1.29, 1.82) is 0 Å². The van der Waals surface area contributed by atoms with Crippen LogP contribution in [0, 0.1) is 0 Å². The maximum Gasteiger partial charge on any atom is 0.116 e. The second-order valence-corrected chi connectivity index (χ2v) is 3.75. The molecule has 90 valence electrons. The molecule has 2 aromatic carbocycles. The average molecular weight is 250 g/mol. The summed E-state index contributed by atoms with van der Waals surface area (Å²) in [4.78, 5) is 0. The Morgan fingerprint density at radius 3 is 2.47 bits per heavy atom. The molecule has 0 spiro atoms. The molecule has 0 saturated heterocycles. The Morgan fingerprint density at radius 2 is 1.76 bits per heavy atom. The first-order chi connectivity index (χ1) is 7.81. The van der Waals surface area contributed by atoms with Gasteiger partial charge in [-0.1, -0.05) is 36.4 Å². The van der Waals surface area contributed by atoms with Crippen LogP contribution in [0.2, 0.25) is 0 Å². The summed E-state index contributed by atoms with van der Waals surface area (Å²) in [6.07, 6.45) is 0.853. The zero-order valence-electron chi connectivity index (χ0n) is 9.47. The molecule has 2 aromatic rings. The molecule has 0 aromatic heterocycles. The van der Waals surface area contributed by atoms with Gasteiger partial charge in [0.2, 0.25) is 0 Å². The Morgan fingerprint density at radius 1 is 1.00 bits per heavy atom. The monoisotopic (exact) mass is 249 g/mol. The molecule has 0 amide bonds. The lowest BCUT2D eigenvalue weighted by molar-refractivity contribution is 0.475. The standard InChI is InChI=1S/C14H15NO.ClH/c15-9-8-11-4-1-2-7-14(11)12-5-3-6-13(16)10-12;/h1-7,10,16H,8-9,15H2;1H. The van der Waals surface area contributed by atoms with Gasteiger partial charge < -0.3 is 10.8 Å². The fourth-order valence-electron chi connectivity index (χ4n) is 1.85. The zero-order valence-corrected chi connectivity index (χ0v) is 10.3. The van der Waals surface area contributed by atoms with Crippen molar-refractivity contribution in [2.75, 3.05) is 6.54 Å². The Balaban J connectivity index is 0.00000144. The Kier molecular flexibility index (Phi) is 5.01. The van der Waals surface area contributed by atoms with Gasteiger partial charge in [0.1, 0.15) is 5.75 Å². The van der Waals surface area contributed by atoms with Gasteiger partial charge in [-0.05, 0) is 41.8 Å². The average Bonchev–Trinajstić information content (AvgIpc) is 2.30. The molecule has 17 heavy (non-hydrogen) atoms. The predicted octanol–water partition coefficient (Wildman–Crippen LogP) is 2.98. The Hall–Kier alpha value is -1.51. The van der Waals surface area contributed by atoms with Crippen LogP contribution in [-0.4, -0.2) is 11.7 Å². The van der Waals surface area contributed by atoms with Crippen molar-refractivity contribution in [3.8, 4) is 16.9 Å². The van der Waals surface area contributed by atoms with Crippen LogP contribution < -0.4 is 5.73 Å². The fraction of sp³-hybridized carbons (Fsp3) is 0.143. The first kappa shape index (κ1) is 13.6. The van der Waals surface area contributed by atoms with E-state index in [1.807, 2.05) is 24.3 Å². The topological polar surface area (TPSA) is 46.2 Å². The predicted molar refractivity (Wildman–Crippen MR) is 73.5 cm³/mol. The van der Waals surface area contributed by atoms with E-state index in [2.05, 4.69) is 12.1 Å². The molecular weight excluding hydrogens is 234 g/mol. The Bertz CT molecular complexity index is 485. The highest BCUT2D eigenvalue weighted by atomic mass is 35.5. The summed E-state index contributed by atoms with van der Waals surface area (Å²) in [5, 5.41) is 9.47. The van der Waals surface area contributed by atoms with E-state index in [1.54, 1.807) is 12.1 Å². The minimum atomic E-state index is 0. The van der Waals surface area contributed by atoms with E-state index in [9.17, 15) is 5.11 Å². The molecule has 3 N–H and O–H groups in total. The van der Waals surface area contributed by atoms with E-state index in [4.69, 9.17) is 5.73 Å². The first-order valence-corrected chi connectivity index (χ1v) is 5.38. The SMILES string of the molecule is Cl.NCCc1ccccc1-c1cccc(O)c1. The van der Waals surface area contributed by atoms with Gasteiger partial charge in [-0.25, -0.2) is 0 Å². The highest BCUT2D eigenvalue weighted by Gasteiger charge is 2.03. The van der Waals surface area contributed by atoms with Gasteiger partial charge in [0.15, 0.2) is 0 Å². The molecule has 0 heterocycles. The molecule has 2 rings (SSSR count). The van der Waals surface area contributed by atoms with E-state index in [-0.39, 0.29) is 12.4 Å². The summed E-state index contributed by atoms with van der Waals surface area (Å²) < 4.78 is 0. The highest BCUT2D eigenvalue weighted by molar-refractivity contribution is 5.85. The number of nitrogens with two attached hydrogens (primary N) is 1. The van der Waals surface area contributed by atoms with Gasteiger partial charge in [0.05, 0.1) is 0 Å². The van der Waals surface area contributed by atoms with Gasteiger partial charge in [0, 0.05) is 0 Å². The summed E-state index contributed by atoms with van der Waals surface area (Å²) in [6.45, 7) is 0.635. The molecule has 0 aliphatic carbocycles. The third-order valence-corrected chi connectivity index (χ3v) is 2.59. The number of hydrogen-bond donors (Lipinski definition) is 2. The van der Waals surface area contributed by atoms with Crippen LogP contribution >= 0.6 is 12.4 Å². The van der Waals surface area contributed by atoms with Crippen LogP contribution in [0.3, 0.4) is 0 Å². The molecule has 0 unspecified atom stereocenters. The number of rotatable bonds is 3. The third kappa shape index (κ3) is 3.22. The molecular formula is C14H16ClNO. The molecule has 0 atom stereocenters. The first-order valence-electron chi connectivity index (χ1n) is 5.38. The number of phenols is 1. The smallest absolute Gasteiger partial charge is 0.116 e.